The molecule has 0 aliphatic carbocycles. The number of nitrogen functional groups attached to an aromatic ring is 1. The minimum atomic E-state index is -0.304. The quantitative estimate of drug-likeness (QED) is 0.328. The number of nitrogens with two attached hydrogens (primary N) is 1. The molecule has 86 valence electrons. The van der Waals surface area contributed by atoms with Crippen LogP contribution >= 0.6 is 11.5 Å². The first kappa shape index (κ1) is 10.9. The normalized spacial score (nSPS) is 17.3. The lowest BCUT2D eigenvalue weighted by molar-refractivity contribution is -0.136. The Labute approximate surface area is 94.9 Å². The number of hydrogen-bond acceptors (Lipinski definition) is 8. The van der Waals surface area contributed by atoms with E-state index in [0.29, 0.717) is 17.2 Å². The van der Waals surface area contributed by atoms with Gasteiger partial charge in [0.15, 0.2) is 0 Å². The third-order valence-electron chi connectivity index (χ3n) is 2.07. The standard InChI is InChI=1S/C7H10N6O2S/c8-10-7-4(11-12-16-7)1-13-2-5(14)9-6(15)3-13/h10H,1-3,8H2,(H,9,14,15). The number of amides is 2. The lowest BCUT2D eigenvalue weighted by atomic mass is 10.3. The van der Waals surface area contributed by atoms with Crippen LogP contribution in [0.3, 0.4) is 0 Å². The van der Waals surface area contributed by atoms with E-state index in [1.165, 1.54) is 0 Å². The van der Waals surface area contributed by atoms with Gasteiger partial charge in [-0.3, -0.25) is 19.8 Å². The van der Waals surface area contributed by atoms with E-state index in [9.17, 15) is 9.59 Å². The van der Waals surface area contributed by atoms with Gasteiger partial charge in [-0.25, -0.2) is 5.84 Å². The average Bonchev–Trinajstić information content (AvgIpc) is 2.63. The Kier molecular flexibility index (Phi) is 3.08. The number of hydrazine groups is 1. The predicted octanol–water partition coefficient (Wildman–Crippen LogP) is -1.72. The summed E-state index contributed by atoms with van der Waals surface area (Å²) in [4.78, 5) is 23.9. The molecule has 9 heteroatoms. The fraction of sp³-hybridized carbons (Fsp3) is 0.429. The lowest BCUT2D eigenvalue weighted by Gasteiger charge is -2.24. The molecule has 8 nitrogen and oxygen atoms in total. The van der Waals surface area contributed by atoms with Gasteiger partial charge in [0.25, 0.3) is 0 Å². The molecule has 2 rings (SSSR count). The SMILES string of the molecule is NNc1snnc1CN1CC(=O)NC(=O)C1. The highest BCUT2D eigenvalue weighted by atomic mass is 32.1. The minimum Gasteiger partial charge on any atom is -0.313 e. The van der Waals surface area contributed by atoms with Gasteiger partial charge >= 0.3 is 0 Å². The van der Waals surface area contributed by atoms with Gasteiger partial charge in [0.05, 0.1) is 13.1 Å². The molecule has 4 N–H and O–H groups in total. The summed E-state index contributed by atoms with van der Waals surface area (Å²) in [5.41, 5.74) is 3.10. The second kappa shape index (κ2) is 4.51. The van der Waals surface area contributed by atoms with Crippen molar-refractivity contribution >= 4 is 28.3 Å². The Morgan fingerprint density at radius 2 is 2.12 bits per heavy atom. The highest BCUT2D eigenvalue weighted by molar-refractivity contribution is 7.10. The molecule has 2 heterocycles. The van der Waals surface area contributed by atoms with Gasteiger partial charge < -0.3 is 5.43 Å². The molecule has 1 aromatic heterocycles. The summed E-state index contributed by atoms with van der Waals surface area (Å²) >= 11 is 1.13. The molecule has 2 amide bonds. The summed E-state index contributed by atoms with van der Waals surface area (Å²) in [7, 11) is 0. The number of nitrogens with zero attached hydrogens (tertiary/aromatic N) is 3. The van der Waals surface area contributed by atoms with Gasteiger partial charge in [0.1, 0.15) is 10.7 Å². The number of carbonyl (C=O) groups excluding carboxylic acids is 2. The van der Waals surface area contributed by atoms with Crippen molar-refractivity contribution in [3.8, 4) is 0 Å². The maximum Gasteiger partial charge on any atom is 0.240 e. The zero-order valence-electron chi connectivity index (χ0n) is 8.27. The van der Waals surface area contributed by atoms with Crippen LogP contribution in [0.4, 0.5) is 5.00 Å². The monoisotopic (exact) mass is 242 g/mol. The van der Waals surface area contributed by atoms with Crippen molar-refractivity contribution in [1.29, 1.82) is 0 Å². The first-order chi connectivity index (χ1) is 7.69. The van der Waals surface area contributed by atoms with E-state index < -0.39 is 0 Å². The first-order valence-corrected chi connectivity index (χ1v) is 5.29. The van der Waals surface area contributed by atoms with Crippen molar-refractivity contribution in [3.63, 3.8) is 0 Å². The lowest BCUT2D eigenvalue weighted by Crippen LogP contribution is -2.50. The molecule has 0 spiro atoms. The van der Waals surface area contributed by atoms with Gasteiger partial charge in [0, 0.05) is 18.1 Å². The van der Waals surface area contributed by atoms with E-state index in [2.05, 4.69) is 20.3 Å². The zero-order chi connectivity index (χ0) is 11.5. The van der Waals surface area contributed by atoms with Crippen molar-refractivity contribution in [2.75, 3.05) is 18.5 Å². The maximum atomic E-state index is 11.1. The summed E-state index contributed by atoms with van der Waals surface area (Å²) in [6, 6.07) is 0. The van der Waals surface area contributed by atoms with Crippen LogP contribution in [0.25, 0.3) is 0 Å². The number of aromatic nitrogens is 2. The van der Waals surface area contributed by atoms with E-state index in [1.807, 2.05) is 0 Å². The minimum absolute atomic E-state index is 0.174. The van der Waals surface area contributed by atoms with E-state index in [1.54, 1.807) is 4.90 Å². The van der Waals surface area contributed by atoms with Gasteiger partial charge in [-0.15, -0.1) is 5.10 Å². The van der Waals surface area contributed by atoms with E-state index in [-0.39, 0.29) is 24.9 Å². The molecule has 1 aromatic rings. The molecule has 16 heavy (non-hydrogen) atoms. The second-order valence-electron chi connectivity index (χ2n) is 3.31. The Morgan fingerprint density at radius 1 is 1.44 bits per heavy atom. The van der Waals surface area contributed by atoms with Crippen LogP contribution in [-0.4, -0.2) is 39.4 Å². The fourth-order valence-corrected chi connectivity index (χ4v) is 1.93. The number of imide groups is 1. The molecule has 0 bridgehead atoms. The van der Waals surface area contributed by atoms with Crippen LogP contribution in [0.2, 0.25) is 0 Å². The average molecular weight is 242 g/mol. The Bertz CT molecular complexity index is 403. The highest BCUT2D eigenvalue weighted by Crippen LogP contribution is 2.17. The summed E-state index contributed by atoms with van der Waals surface area (Å²) in [6.45, 7) is 0.718. The summed E-state index contributed by atoms with van der Waals surface area (Å²) in [5, 5.41) is 6.73. The predicted molar refractivity (Wildman–Crippen MR) is 56.1 cm³/mol. The third-order valence-corrected chi connectivity index (χ3v) is 2.77. The number of anilines is 1. The van der Waals surface area contributed by atoms with Crippen molar-refractivity contribution in [2.45, 2.75) is 6.54 Å². The van der Waals surface area contributed by atoms with E-state index >= 15 is 0 Å². The molecular weight excluding hydrogens is 232 g/mol. The van der Waals surface area contributed by atoms with Crippen molar-refractivity contribution < 1.29 is 9.59 Å². The van der Waals surface area contributed by atoms with Gasteiger partial charge in [-0.1, -0.05) is 4.49 Å². The number of nitrogens with one attached hydrogen (secondary N) is 2. The summed E-state index contributed by atoms with van der Waals surface area (Å²) in [5.74, 6) is 4.66. The van der Waals surface area contributed by atoms with Crippen molar-refractivity contribution in [3.05, 3.63) is 5.69 Å². The molecule has 1 aliphatic rings. The molecule has 1 saturated heterocycles. The van der Waals surface area contributed by atoms with Crippen LogP contribution in [0.1, 0.15) is 5.69 Å². The Balaban J connectivity index is 2.04. The highest BCUT2D eigenvalue weighted by Gasteiger charge is 2.23. The Hall–Kier alpha value is -1.58. The van der Waals surface area contributed by atoms with Crippen LogP contribution < -0.4 is 16.6 Å². The molecule has 0 unspecified atom stereocenters. The van der Waals surface area contributed by atoms with Gasteiger partial charge in [-0.2, -0.15) is 0 Å². The molecule has 0 aromatic carbocycles. The van der Waals surface area contributed by atoms with Crippen LogP contribution in [0.5, 0.6) is 0 Å². The summed E-state index contributed by atoms with van der Waals surface area (Å²) in [6.07, 6.45) is 0. The van der Waals surface area contributed by atoms with Crippen LogP contribution in [0.15, 0.2) is 0 Å². The molecule has 1 fully saturated rings. The van der Waals surface area contributed by atoms with Crippen molar-refractivity contribution in [2.24, 2.45) is 5.84 Å². The molecule has 0 radical (unpaired) electrons. The van der Waals surface area contributed by atoms with E-state index in [0.717, 1.165) is 11.5 Å². The first-order valence-electron chi connectivity index (χ1n) is 4.52. The van der Waals surface area contributed by atoms with Crippen LogP contribution in [-0.2, 0) is 16.1 Å². The second-order valence-corrected chi connectivity index (χ2v) is 4.06. The zero-order valence-corrected chi connectivity index (χ0v) is 9.08. The largest absolute Gasteiger partial charge is 0.313 e. The third kappa shape index (κ3) is 2.32. The molecule has 0 saturated carbocycles. The number of hydrogen-bond donors (Lipinski definition) is 3. The van der Waals surface area contributed by atoms with Gasteiger partial charge in [0.2, 0.25) is 11.8 Å². The summed E-state index contributed by atoms with van der Waals surface area (Å²) < 4.78 is 3.73. The van der Waals surface area contributed by atoms with E-state index in [4.69, 9.17) is 5.84 Å². The van der Waals surface area contributed by atoms with Gasteiger partial charge in [-0.05, 0) is 0 Å². The molecule has 0 atom stereocenters. The molecular formula is C7H10N6O2S. The number of piperazine rings is 1. The van der Waals surface area contributed by atoms with Crippen molar-refractivity contribution in [1.82, 2.24) is 19.8 Å². The Morgan fingerprint density at radius 3 is 2.75 bits per heavy atom. The maximum absolute atomic E-state index is 11.1. The smallest absolute Gasteiger partial charge is 0.240 e. The topological polar surface area (TPSA) is 113 Å². The number of rotatable bonds is 3. The molecule has 1 aliphatic heterocycles. The fourth-order valence-electron chi connectivity index (χ4n) is 1.44. The van der Waals surface area contributed by atoms with Crippen LogP contribution in [0, 0.1) is 0 Å². The number of carbonyl (C=O) groups is 2.